The molecule has 0 bridgehead atoms. The number of rotatable bonds is 3. The maximum Gasteiger partial charge on any atom is 0.167 e. The average Bonchev–Trinajstić information content (AvgIpc) is 2.86. The van der Waals surface area contributed by atoms with E-state index < -0.39 is 0 Å². The Morgan fingerprint density at radius 3 is 2.68 bits per heavy atom. The molecule has 0 saturated carbocycles. The molecule has 128 valence electrons. The smallest absolute Gasteiger partial charge is 0.167 e. The van der Waals surface area contributed by atoms with Crippen molar-refractivity contribution in [3.05, 3.63) is 81.6 Å². The second-order valence-corrected chi connectivity index (χ2v) is 7.43. The Bertz CT molecular complexity index is 832. The van der Waals surface area contributed by atoms with Gasteiger partial charge in [-0.05, 0) is 47.6 Å². The number of thioether (sulfide) groups is 1. The van der Waals surface area contributed by atoms with E-state index in [-0.39, 0.29) is 11.7 Å². The number of nitrogens with zero attached hydrogens (tertiary/aromatic N) is 2. The molecule has 4 rings (SSSR count). The first kappa shape index (κ1) is 16.7. The van der Waals surface area contributed by atoms with Crippen LogP contribution in [-0.2, 0) is 0 Å². The molecule has 2 aliphatic heterocycles. The quantitative estimate of drug-likeness (QED) is 0.691. The summed E-state index contributed by atoms with van der Waals surface area (Å²) in [7, 11) is 0. The fraction of sp³-hybridized carbons (Fsp3) is 0.250. The minimum Gasteiger partial charge on any atom is -0.323 e. The molecule has 2 aromatic rings. The van der Waals surface area contributed by atoms with Gasteiger partial charge in [-0.15, -0.1) is 0 Å². The number of fused-ring (bicyclic) bond motifs is 1. The number of aliphatic imine (C=N–C) groups is 1. The Hall–Kier alpha value is -1.78. The van der Waals surface area contributed by atoms with Gasteiger partial charge in [-0.2, -0.15) is 0 Å². The summed E-state index contributed by atoms with van der Waals surface area (Å²) in [6.45, 7) is 1.84. The van der Waals surface area contributed by atoms with Crippen LogP contribution in [0.1, 0.15) is 29.9 Å². The van der Waals surface area contributed by atoms with Crippen LogP contribution < -0.4 is 0 Å². The molecule has 0 fully saturated rings. The van der Waals surface area contributed by atoms with Gasteiger partial charge in [-0.1, -0.05) is 53.7 Å². The van der Waals surface area contributed by atoms with Crippen LogP contribution in [0.3, 0.4) is 0 Å². The number of hydrogen-bond donors (Lipinski definition) is 0. The van der Waals surface area contributed by atoms with Crippen LogP contribution in [-0.4, -0.2) is 23.2 Å². The molecule has 0 aliphatic carbocycles. The molecule has 0 spiro atoms. The van der Waals surface area contributed by atoms with E-state index in [1.165, 1.54) is 17.8 Å². The molecule has 2 nitrogen and oxygen atoms in total. The fourth-order valence-electron chi connectivity index (χ4n) is 3.35. The van der Waals surface area contributed by atoms with Crippen molar-refractivity contribution in [1.82, 2.24) is 4.90 Å². The Labute approximate surface area is 156 Å². The third-order valence-corrected chi connectivity index (χ3v) is 5.84. The molecular formula is C20H18ClFN2S. The standard InChI is InChI=1S/C20H18ClFN2S/c21-17-6-2-1-5-16(17)19(14-7-9-15(22)10-8-14)18-13-25-20-23-11-3-4-12-24(18)20/h1-2,5-10,13,19H,3-4,11-12H2. The van der Waals surface area contributed by atoms with Crippen molar-refractivity contribution in [1.29, 1.82) is 0 Å². The molecule has 2 heterocycles. The van der Waals surface area contributed by atoms with Gasteiger partial charge in [0.05, 0.1) is 5.92 Å². The highest BCUT2D eigenvalue weighted by Gasteiger charge is 2.32. The summed E-state index contributed by atoms with van der Waals surface area (Å²) in [6, 6.07) is 14.6. The normalized spacial score (nSPS) is 18.2. The summed E-state index contributed by atoms with van der Waals surface area (Å²) in [5.41, 5.74) is 3.24. The van der Waals surface area contributed by atoms with Crippen LogP contribution in [0.2, 0.25) is 5.02 Å². The molecule has 0 aromatic heterocycles. The molecule has 2 aliphatic rings. The molecule has 1 unspecified atom stereocenters. The van der Waals surface area contributed by atoms with Crippen molar-refractivity contribution in [2.45, 2.75) is 18.8 Å². The SMILES string of the molecule is Fc1ccc(C(C2=CSC3=NCCCCN23)c2ccccc2Cl)cc1. The van der Waals surface area contributed by atoms with Crippen LogP contribution in [0.15, 0.2) is 64.6 Å². The van der Waals surface area contributed by atoms with Gasteiger partial charge in [-0.25, -0.2) is 4.39 Å². The summed E-state index contributed by atoms with van der Waals surface area (Å²) in [5.74, 6) is -0.263. The van der Waals surface area contributed by atoms with Gasteiger partial charge < -0.3 is 4.90 Å². The third-order valence-electron chi connectivity index (χ3n) is 4.58. The monoisotopic (exact) mass is 372 g/mol. The summed E-state index contributed by atoms with van der Waals surface area (Å²) >= 11 is 8.20. The van der Waals surface area contributed by atoms with Crippen LogP contribution in [0, 0.1) is 5.82 Å². The molecule has 0 N–H and O–H groups in total. The van der Waals surface area contributed by atoms with E-state index in [1.54, 1.807) is 11.8 Å². The zero-order valence-corrected chi connectivity index (χ0v) is 15.2. The maximum absolute atomic E-state index is 13.5. The Kier molecular flexibility index (Phi) is 4.82. The molecule has 1 atom stereocenters. The van der Waals surface area contributed by atoms with Crippen molar-refractivity contribution in [2.75, 3.05) is 13.1 Å². The second-order valence-electron chi connectivity index (χ2n) is 6.19. The fourth-order valence-corrected chi connectivity index (χ4v) is 4.58. The van der Waals surface area contributed by atoms with Gasteiger partial charge in [0, 0.05) is 23.8 Å². The first-order valence-electron chi connectivity index (χ1n) is 8.42. The van der Waals surface area contributed by atoms with Crippen molar-refractivity contribution < 1.29 is 4.39 Å². The van der Waals surface area contributed by atoms with E-state index in [0.29, 0.717) is 0 Å². The molecule has 0 amide bonds. The van der Waals surface area contributed by atoms with E-state index in [0.717, 1.165) is 47.2 Å². The highest BCUT2D eigenvalue weighted by Crippen LogP contribution is 2.43. The molecule has 0 radical (unpaired) electrons. The second kappa shape index (κ2) is 7.22. The van der Waals surface area contributed by atoms with Crippen LogP contribution in [0.5, 0.6) is 0 Å². The topological polar surface area (TPSA) is 15.6 Å². The molecule has 2 aromatic carbocycles. The van der Waals surface area contributed by atoms with Gasteiger partial charge in [0.2, 0.25) is 0 Å². The lowest BCUT2D eigenvalue weighted by atomic mass is 9.88. The number of amidine groups is 1. The highest BCUT2D eigenvalue weighted by molar-refractivity contribution is 8.16. The van der Waals surface area contributed by atoms with Crippen molar-refractivity contribution in [2.24, 2.45) is 4.99 Å². The van der Waals surface area contributed by atoms with Crippen molar-refractivity contribution in [3.8, 4) is 0 Å². The van der Waals surface area contributed by atoms with Crippen LogP contribution in [0.25, 0.3) is 0 Å². The largest absolute Gasteiger partial charge is 0.323 e. The van der Waals surface area contributed by atoms with Gasteiger partial charge in [0.15, 0.2) is 5.17 Å². The summed E-state index contributed by atoms with van der Waals surface area (Å²) in [4.78, 5) is 7.00. The predicted molar refractivity (Wildman–Crippen MR) is 104 cm³/mol. The van der Waals surface area contributed by atoms with Gasteiger partial charge in [0.1, 0.15) is 5.82 Å². The minimum atomic E-state index is -0.228. The van der Waals surface area contributed by atoms with Crippen molar-refractivity contribution >= 4 is 28.5 Å². The van der Waals surface area contributed by atoms with Gasteiger partial charge >= 0.3 is 0 Å². The third kappa shape index (κ3) is 3.33. The minimum absolute atomic E-state index is 0.0346. The zero-order chi connectivity index (χ0) is 17.2. The predicted octanol–water partition coefficient (Wildman–Crippen LogP) is 5.65. The lowest BCUT2D eigenvalue weighted by molar-refractivity contribution is 0.488. The Morgan fingerprint density at radius 1 is 1.08 bits per heavy atom. The average molecular weight is 373 g/mol. The number of halogens is 2. The van der Waals surface area contributed by atoms with E-state index in [1.807, 2.05) is 30.3 Å². The van der Waals surface area contributed by atoms with E-state index >= 15 is 0 Å². The van der Waals surface area contributed by atoms with Crippen LogP contribution >= 0.6 is 23.4 Å². The summed E-state index contributed by atoms with van der Waals surface area (Å²) < 4.78 is 13.5. The maximum atomic E-state index is 13.5. The molecule has 0 saturated heterocycles. The zero-order valence-electron chi connectivity index (χ0n) is 13.7. The van der Waals surface area contributed by atoms with Gasteiger partial charge in [-0.3, -0.25) is 4.99 Å². The number of allylic oxidation sites excluding steroid dienone is 1. The molecule has 5 heteroatoms. The van der Waals surface area contributed by atoms with E-state index in [2.05, 4.69) is 16.4 Å². The van der Waals surface area contributed by atoms with Gasteiger partial charge in [0.25, 0.3) is 0 Å². The van der Waals surface area contributed by atoms with Crippen LogP contribution in [0.4, 0.5) is 4.39 Å². The Morgan fingerprint density at radius 2 is 1.88 bits per heavy atom. The van der Waals surface area contributed by atoms with E-state index in [4.69, 9.17) is 16.6 Å². The first-order chi connectivity index (χ1) is 12.2. The highest BCUT2D eigenvalue weighted by atomic mass is 35.5. The number of benzene rings is 2. The summed E-state index contributed by atoms with van der Waals surface area (Å²) in [6.07, 6.45) is 2.23. The summed E-state index contributed by atoms with van der Waals surface area (Å²) in [5, 5.41) is 3.95. The lowest BCUT2D eigenvalue weighted by Gasteiger charge is -2.28. The number of hydrogen-bond acceptors (Lipinski definition) is 3. The lowest BCUT2D eigenvalue weighted by Crippen LogP contribution is -2.28. The van der Waals surface area contributed by atoms with E-state index in [9.17, 15) is 4.39 Å². The van der Waals surface area contributed by atoms with Crippen molar-refractivity contribution in [3.63, 3.8) is 0 Å². The Balaban J connectivity index is 1.81. The molecular weight excluding hydrogens is 355 g/mol. The molecule has 25 heavy (non-hydrogen) atoms. The first-order valence-corrected chi connectivity index (χ1v) is 9.68.